The van der Waals surface area contributed by atoms with Gasteiger partial charge in [0.05, 0.1) is 0 Å². The summed E-state index contributed by atoms with van der Waals surface area (Å²) in [5.74, 6) is 0.980. The van der Waals surface area contributed by atoms with Crippen LogP contribution in [-0.4, -0.2) is 46.7 Å². The standard InChI is InChI=1S/C25H28BrN5O3/c1-25(2,3)34-24(33)29-20-7-10-31(11-8-20)22-14-16(6-9-27-22)23(32)30-21-13-18-12-19(26)5-4-17(18)15-28-21/h4-6,9,12-15,20H,7-8,10-11H2,1-3H3,(H,29,33)(H,28,30,32). The second kappa shape index (κ2) is 9.97. The Kier molecular flexibility index (Phi) is 7.02. The van der Waals surface area contributed by atoms with Gasteiger partial charge in [0.15, 0.2) is 0 Å². The molecule has 1 aliphatic rings. The van der Waals surface area contributed by atoms with Crippen LogP contribution >= 0.6 is 15.9 Å². The lowest BCUT2D eigenvalue weighted by molar-refractivity contribution is 0.0497. The zero-order chi connectivity index (χ0) is 24.3. The molecule has 178 valence electrons. The third-order valence-corrected chi connectivity index (χ3v) is 5.97. The van der Waals surface area contributed by atoms with E-state index in [4.69, 9.17) is 4.74 Å². The number of amides is 2. The number of ether oxygens (including phenoxy) is 1. The molecular formula is C25H28BrN5O3. The summed E-state index contributed by atoms with van der Waals surface area (Å²) in [4.78, 5) is 35.8. The minimum Gasteiger partial charge on any atom is -0.444 e. The van der Waals surface area contributed by atoms with Gasteiger partial charge in [-0.3, -0.25) is 4.79 Å². The number of alkyl carbamates (subject to hydrolysis) is 1. The summed E-state index contributed by atoms with van der Waals surface area (Å²) in [5.41, 5.74) is -0.00952. The number of carbonyl (C=O) groups excluding carboxylic acids is 2. The Bertz CT molecular complexity index is 1200. The second-order valence-corrected chi connectivity index (χ2v) is 10.2. The van der Waals surface area contributed by atoms with Gasteiger partial charge in [0.1, 0.15) is 17.2 Å². The van der Waals surface area contributed by atoms with E-state index in [9.17, 15) is 9.59 Å². The van der Waals surface area contributed by atoms with Crippen LogP contribution in [0.2, 0.25) is 0 Å². The van der Waals surface area contributed by atoms with Gasteiger partial charge in [0, 0.05) is 46.9 Å². The molecule has 1 aliphatic heterocycles. The van der Waals surface area contributed by atoms with Crippen LogP contribution < -0.4 is 15.5 Å². The number of hydrogen-bond acceptors (Lipinski definition) is 6. The molecule has 3 aromatic rings. The van der Waals surface area contributed by atoms with E-state index in [0.717, 1.165) is 47.0 Å². The predicted octanol–water partition coefficient (Wildman–Crippen LogP) is 5.14. The van der Waals surface area contributed by atoms with Gasteiger partial charge in [-0.15, -0.1) is 0 Å². The van der Waals surface area contributed by atoms with Crippen molar-refractivity contribution in [2.45, 2.75) is 45.3 Å². The number of piperidine rings is 1. The van der Waals surface area contributed by atoms with Gasteiger partial charge in [0.2, 0.25) is 0 Å². The normalized spacial score (nSPS) is 14.6. The molecule has 3 heterocycles. The molecule has 9 heteroatoms. The first kappa shape index (κ1) is 23.9. The molecule has 0 saturated carbocycles. The molecule has 34 heavy (non-hydrogen) atoms. The van der Waals surface area contributed by atoms with Crippen molar-refractivity contribution in [3.63, 3.8) is 0 Å². The largest absolute Gasteiger partial charge is 0.444 e. The summed E-state index contributed by atoms with van der Waals surface area (Å²) in [5, 5.41) is 7.79. The van der Waals surface area contributed by atoms with E-state index < -0.39 is 11.7 Å². The van der Waals surface area contributed by atoms with E-state index in [1.54, 1.807) is 24.5 Å². The van der Waals surface area contributed by atoms with Gasteiger partial charge in [-0.05, 0) is 69.3 Å². The molecule has 0 bridgehead atoms. The van der Waals surface area contributed by atoms with Crippen molar-refractivity contribution in [3.8, 4) is 0 Å². The fraction of sp³-hybridized carbons (Fsp3) is 0.360. The molecule has 4 rings (SSSR count). The first-order valence-electron chi connectivity index (χ1n) is 11.2. The second-order valence-electron chi connectivity index (χ2n) is 9.33. The highest BCUT2D eigenvalue weighted by atomic mass is 79.9. The maximum absolute atomic E-state index is 12.9. The molecule has 1 fully saturated rings. The molecule has 2 N–H and O–H groups in total. The van der Waals surface area contributed by atoms with Crippen LogP contribution in [0.25, 0.3) is 10.8 Å². The minimum absolute atomic E-state index is 0.0524. The number of pyridine rings is 2. The Balaban J connectivity index is 1.37. The topological polar surface area (TPSA) is 96.5 Å². The molecule has 0 atom stereocenters. The highest BCUT2D eigenvalue weighted by Crippen LogP contribution is 2.23. The van der Waals surface area contributed by atoms with E-state index in [1.165, 1.54) is 0 Å². The average molecular weight is 526 g/mol. The summed E-state index contributed by atoms with van der Waals surface area (Å²) >= 11 is 3.47. The lowest BCUT2D eigenvalue weighted by atomic mass is 10.1. The van der Waals surface area contributed by atoms with E-state index in [2.05, 4.69) is 41.4 Å². The molecule has 0 spiro atoms. The summed E-state index contributed by atoms with van der Waals surface area (Å²) in [6, 6.07) is 11.3. The molecule has 1 saturated heterocycles. The van der Waals surface area contributed by atoms with Crippen LogP contribution in [-0.2, 0) is 4.74 Å². The van der Waals surface area contributed by atoms with Crippen molar-refractivity contribution >= 4 is 50.3 Å². The Hall–Kier alpha value is -3.20. The lowest BCUT2D eigenvalue weighted by Crippen LogP contribution is -2.46. The Morgan fingerprint density at radius 2 is 1.82 bits per heavy atom. The number of benzene rings is 1. The number of rotatable bonds is 4. The van der Waals surface area contributed by atoms with Crippen molar-refractivity contribution < 1.29 is 14.3 Å². The van der Waals surface area contributed by atoms with Gasteiger partial charge in [0.25, 0.3) is 5.91 Å². The summed E-state index contributed by atoms with van der Waals surface area (Å²) in [6.07, 6.45) is 4.53. The fourth-order valence-corrected chi connectivity index (χ4v) is 4.21. The number of fused-ring (bicyclic) bond motifs is 1. The molecule has 0 aliphatic carbocycles. The Labute approximate surface area is 207 Å². The SMILES string of the molecule is CC(C)(C)OC(=O)NC1CCN(c2cc(C(=O)Nc3cc4cc(Br)ccc4cn3)ccn2)CC1. The van der Waals surface area contributed by atoms with Crippen LogP contribution in [0.15, 0.2) is 53.3 Å². The van der Waals surface area contributed by atoms with Crippen LogP contribution in [0.3, 0.4) is 0 Å². The van der Waals surface area contributed by atoms with Crippen LogP contribution in [0, 0.1) is 0 Å². The summed E-state index contributed by atoms with van der Waals surface area (Å²) in [7, 11) is 0. The number of hydrogen-bond donors (Lipinski definition) is 2. The molecule has 0 radical (unpaired) electrons. The average Bonchev–Trinajstić information content (AvgIpc) is 2.78. The van der Waals surface area contributed by atoms with Crippen molar-refractivity contribution in [3.05, 3.63) is 58.8 Å². The third kappa shape index (κ3) is 6.22. The number of nitrogens with one attached hydrogen (secondary N) is 2. The molecule has 1 aromatic carbocycles. The van der Waals surface area contributed by atoms with E-state index in [1.807, 2.05) is 45.0 Å². The van der Waals surface area contributed by atoms with E-state index >= 15 is 0 Å². The molecule has 0 unspecified atom stereocenters. The monoisotopic (exact) mass is 525 g/mol. The highest BCUT2D eigenvalue weighted by Gasteiger charge is 2.24. The maximum Gasteiger partial charge on any atom is 0.407 e. The zero-order valence-corrected chi connectivity index (χ0v) is 21.1. The molecule has 2 amide bonds. The smallest absolute Gasteiger partial charge is 0.407 e. The van der Waals surface area contributed by atoms with E-state index in [0.29, 0.717) is 11.4 Å². The Morgan fingerprint density at radius 3 is 2.56 bits per heavy atom. The summed E-state index contributed by atoms with van der Waals surface area (Å²) in [6.45, 7) is 6.98. The van der Waals surface area contributed by atoms with E-state index in [-0.39, 0.29) is 11.9 Å². The van der Waals surface area contributed by atoms with Crippen molar-refractivity contribution in [2.24, 2.45) is 0 Å². The minimum atomic E-state index is -0.519. The number of aromatic nitrogens is 2. The van der Waals surface area contributed by atoms with Gasteiger partial charge >= 0.3 is 6.09 Å². The molecule has 2 aromatic heterocycles. The summed E-state index contributed by atoms with van der Waals surface area (Å²) < 4.78 is 6.31. The van der Waals surface area contributed by atoms with Gasteiger partial charge in [-0.1, -0.05) is 22.0 Å². The number of halogens is 1. The number of carbonyl (C=O) groups is 2. The maximum atomic E-state index is 12.9. The van der Waals surface area contributed by atoms with Gasteiger partial charge in [-0.25, -0.2) is 14.8 Å². The van der Waals surface area contributed by atoms with Crippen molar-refractivity contribution in [1.82, 2.24) is 15.3 Å². The predicted molar refractivity (Wildman–Crippen MR) is 136 cm³/mol. The van der Waals surface area contributed by atoms with Crippen LogP contribution in [0.1, 0.15) is 44.0 Å². The fourth-order valence-electron chi connectivity index (χ4n) is 3.83. The highest BCUT2D eigenvalue weighted by molar-refractivity contribution is 9.10. The van der Waals surface area contributed by atoms with Crippen LogP contribution in [0.4, 0.5) is 16.4 Å². The number of nitrogens with zero attached hydrogens (tertiary/aromatic N) is 3. The molecular weight excluding hydrogens is 498 g/mol. The number of anilines is 2. The first-order valence-corrected chi connectivity index (χ1v) is 12.0. The molecule has 8 nitrogen and oxygen atoms in total. The van der Waals surface area contributed by atoms with Crippen molar-refractivity contribution in [2.75, 3.05) is 23.3 Å². The Morgan fingerprint density at radius 1 is 1.06 bits per heavy atom. The lowest BCUT2D eigenvalue weighted by Gasteiger charge is -2.33. The first-order chi connectivity index (χ1) is 16.2. The third-order valence-electron chi connectivity index (χ3n) is 5.47. The zero-order valence-electron chi connectivity index (χ0n) is 19.5. The van der Waals surface area contributed by atoms with Gasteiger partial charge < -0.3 is 20.3 Å². The van der Waals surface area contributed by atoms with Crippen molar-refractivity contribution in [1.29, 1.82) is 0 Å². The van der Waals surface area contributed by atoms with Crippen LogP contribution in [0.5, 0.6) is 0 Å². The van der Waals surface area contributed by atoms with Gasteiger partial charge in [-0.2, -0.15) is 0 Å². The quantitative estimate of drug-likeness (QED) is 0.489.